The lowest BCUT2D eigenvalue weighted by Crippen LogP contribution is -2.15. The molecule has 0 unspecified atom stereocenters. The van der Waals surface area contributed by atoms with Crippen LogP contribution in [0.1, 0.15) is 15.9 Å². The minimum atomic E-state index is -0.198. The van der Waals surface area contributed by atoms with Gasteiger partial charge in [-0.2, -0.15) is 0 Å². The Hall–Kier alpha value is -3.17. The van der Waals surface area contributed by atoms with E-state index in [1.807, 2.05) is 73.7 Å². The molecule has 3 aromatic carbocycles. The number of nitrogens with zero attached hydrogens (tertiary/aromatic N) is 1. The van der Waals surface area contributed by atoms with Crippen LogP contribution in [-0.2, 0) is 0 Å². The van der Waals surface area contributed by atoms with Crippen LogP contribution >= 0.6 is 11.6 Å². The zero-order chi connectivity index (χ0) is 18.8. The van der Waals surface area contributed by atoms with Crippen LogP contribution in [-0.4, -0.2) is 10.9 Å². The van der Waals surface area contributed by atoms with Crippen molar-refractivity contribution in [3.05, 3.63) is 95.0 Å². The number of para-hydroxylation sites is 2. The molecule has 0 atom stereocenters. The minimum Gasteiger partial charge on any atom is -0.321 e. The zero-order valence-electron chi connectivity index (χ0n) is 14.7. The van der Waals surface area contributed by atoms with E-state index in [-0.39, 0.29) is 5.91 Å². The molecule has 0 radical (unpaired) electrons. The topological polar surface area (TPSA) is 42.0 Å². The number of halogens is 1. The number of fused-ring (bicyclic) bond motifs is 1. The monoisotopic (exact) mass is 372 g/mol. The number of pyridine rings is 1. The first-order valence-corrected chi connectivity index (χ1v) is 9.03. The molecule has 0 spiro atoms. The molecule has 4 rings (SSSR count). The van der Waals surface area contributed by atoms with Crippen LogP contribution in [0.25, 0.3) is 22.2 Å². The van der Waals surface area contributed by atoms with Gasteiger partial charge in [0.25, 0.3) is 5.91 Å². The summed E-state index contributed by atoms with van der Waals surface area (Å²) in [5.74, 6) is -0.198. The van der Waals surface area contributed by atoms with Crippen LogP contribution in [0.2, 0.25) is 5.02 Å². The number of carbonyl (C=O) groups is 1. The van der Waals surface area contributed by atoms with Crippen molar-refractivity contribution < 1.29 is 4.79 Å². The number of hydrogen-bond acceptors (Lipinski definition) is 2. The van der Waals surface area contributed by atoms with Crippen molar-refractivity contribution in [3.8, 4) is 11.3 Å². The summed E-state index contributed by atoms with van der Waals surface area (Å²) in [4.78, 5) is 18.0. The van der Waals surface area contributed by atoms with Gasteiger partial charge in [-0.15, -0.1) is 0 Å². The molecule has 0 aliphatic rings. The second kappa shape index (κ2) is 7.22. The Morgan fingerprint density at radius 3 is 2.33 bits per heavy atom. The van der Waals surface area contributed by atoms with Gasteiger partial charge in [-0.3, -0.25) is 4.79 Å². The number of anilines is 1. The summed E-state index contributed by atoms with van der Waals surface area (Å²) in [6.07, 6.45) is 0. The van der Waals surface area contributed by atoms with Crippen molar-refractivity contribution in [3.63, 3.8) is 0 Å². The summed E-state index contributed by atoms with van der Waals surface area (Å²) in [6, 6.07) is 24.8. The summed E-state index contributed by atoms with van der Waals surface area (Å²) in [5.41, 5.74) is 4.60. The second-order valence-electron chi connectivity index (χ2n) is 6.28. The van der Waals surface area contributed by atoms with E-state index < -0.39 is 0 Å². The summed E-state index contributed by atoms with van der Waals surface area (Å²) in [6.45, 7) is 1.93. The van der Waals surface area contributed by atoms with Gasteiger partial charge < -0.3 is 5.32 Å². The molecule has 4 heteroatoms. The Balaban J connectivity index is 1.89. The number of carbonyl (C=O) groups excluding carboxylic acids is 1. The molecule has 1 N–H and O–H groups in total. The van der Waals surface area contributed by atoms with Crippen molar-refractivity contribution in [1.82, 2.24) is 4.98 Å². The molecule has 3 nitrogen and oxygen atoms in total. The van der Waals surface area contributed by atoms with Crippen LogP contribution < -0.4 is 5.32 Å². The van der Waals surface area contributed by atoms with E-state index >= 15 is 0 Å². The average Bonchev–Trinajstić information content (AvgIpc) is 2.70. The molecule has 0 aliphatic heterocycles. The predicted molar refractivity (Wildman–Crippen MR) is 111 cm³/mol. The maximum atomic E-state index is 13.2. The fourth-order valence-corrected chi connectivity index (χ4v) is 3.41. The summed E-state index contributed by atoms with van der Waals surface area (Å²) >= 11 is 6.21. The molecular formula is C23H17ClN2O. The standard InChI is InChI=1S/C23H17ClN2O/c1-15-21(23(27)26-20-14-8-6-12-18(20)24)17-11-5-7-13-19(17)25-22(15)16-9-3-2-4-10-16/h2-14H,1H3,(H,26,27). The van der Waals surface area contributed by atoms with E-state index in [2.05, 4.69) is 5.32 Å². The van der Waals surface area contributed by atoms with Crippen molar-refractivity contribution in [2.45, 2.75) is 6.92 Å². The van der Waals surface area contributed by atoms with E-state index in [1.165, 1.54) is 0 Å². The van der Waals surface area contributed by atoms with Gasteiger partial charge in [0.2, 0.25) is 0 Å². The normalized spacial score (nSPS) is 10.7. The van der Waals surface area contributed by atoms with Crippen molar-refractivity contribution in [1.29, 1.82) is 0 Å². The third kappa shape index (κ3) is 3.29. The van der Waals surface area contributed by atoms with Crippen molar-refractivity contribution in [2.75, 3.05) is 5.32 Å². The second-order valence-corrected chi connectivity index (χ2v) is 6.68. The third-order valence-corrected chi connectivity index (χ3v) is 4.86. The first kappa shape index (κ1) is 17.3. The smallest absolute Gasteiger partial charge is 0.256 e. The summed E-state index contributed by atoms with van der Waals surface area (Å²) < 4.78 is 0. The van der Waals surface area contributed by atoms with Crippen molar-refractivity contribution >= 4 is 34.1 Å². The highest BCUT2D eigenvalue weighted by Gasteiger charge is 2.19. The number of aromatic nitrogens is 1. The highest BCUT2D eigenvalue weighted by Crippen LogP contribution is 2.31. The van der Waals surface area contributed by atoms with Crippen LogP contribution in [0.5, 0.6) is 0 Å². The molecule has 0 bridgehead atoms. The lowest BCUT2D eigenvalue weighted by Gasteiger charge is -2.15. The van der Waals surface area contributed by atoms with Crippen LogP contribution in [0, 0.1) is 6.92 Å². The third-order valence-electron chi connectivity index (χ3n) is 4.53. The first-order valence-electron chi connectivity index (χ1n) is 8.66. The minimum absolute atomic E-state index is 0.198. The quantitative estimate of drug-likeness (QED) is 0.471. The van der Waals surface area contributed by atoms with Crippen LogP contribution in [0.4, 0.5) is 5.69 Å². The lowest BCUT2D eigenvalue weighted by atomic mass is 9.97. The lowest BCUT2D eigenvalue weighted by molar-refractivity contribution is 0.102. The fraction of sp³-hybridized carbons (Fsp3) is 0.0435. The van der Waals surface area contributed by atoms with Gasteiger partial charge in [0, 0.05) is 10.9 Å². The van der Waals surface area contributed by atoms with Gasteiger partial charge in [-0.1, -0.05) is 72.3 Å². The molecule has 0 aliphatic carbocycles. The van der Waals surface area contributed by atoms with Gasteiger partial charge in [0.05, 0.1) is 27.5 Å². The highest BCUT2D eigenvalue weighted by atomic mass is 35.5. The fourth-order valence-electron chi connectivity index (χ4n) is 3.22. The molecule has 27 heavy (non-hydrogen) atoms. The van der Waals surface area contributed by atoms with Crippen LogP contribution in [0.15, 0.2) is 78.9 Å². The maximum absolute atomic E-state index is 13.2. The number of hydrogen-bond donors (Lipinski definition) is 1. The van der Waals surface area contributed by atoms with Gasteiger partial charge in [-0.25, -0.2) is 4.98 Å². The van der Waals surface area contributed by atoms with E-state index in [0.717, 1.165) is 27.7 Å². The molecule has 0 saturated carbocycles. The molecule has 0 saturated heterocycles. The molecule has 1 amide bonds. The van der Waals surface area contributed by atoms with E-state index in [1.54, 1.807) is 12.1 Å². The molecule has 1 heterocycles. The SMILES string of the molecule is Cc1c(-c2ccccc2)nc2ccccc2c1C(=O)Nc1ccccc1Cl. The largest absolute Gasteiger partial charge is 0.321 e. The summed E-state index contributed by atoms with van der Waals surface area (Å²) in [7, 11) is 0. The van der Waals surface area contributed by atoms with Gasteiger partial charge in [0.1, 0.15) is 0 Å². The summed E-state index contributed by atoms with van der Waals surface area (Å²) in [5, 5.41) is 4.26. The molecule has 4 aromatic rings. The Kier molecular flexibility index (Phi) is 4.61. The van der Waals surface area contributed by atoms with Gasteiger partial charge >= 0.3 is 0 Å². The zero-order valence-corrected chi connectivity index (χ0v) is 15.5. The van der Waals surface area contributed by atoms with Crippen molar-refractivity contribution in [2.24, 2.45) is 0 Å². The first-order chi connectivity index (χ1) is 13.1. The number of benzene rings is 3. The molecule has 132 valence electrons. The maximum Gasteiger partial charge on any atom is 0.256 e. The highest BCUT2D eigenvalue weighted by molar-refractivity contribution is 6.34. The molecular weight excluding hydrogens is 356 g/mol. The Labute approximate surface area is 162 Å². The number of amides is 1. The Bertz CT molecular complexity index is 1140. The molecule has 0 fully saturated rings. The van der Waals surface area contributed by atoms with Gasteiger partial charge in [-0.05, 0) is 30.7 Å². The van der Waals surface area contributed by atoms with E-state index in [9.17, 15) is 4.79 Å². The predicted octanol–water partition coefficient (Wildman–Crippen LogP) is 6.12. The molecule has 1 aromatic heterocycles. The Morgan fingerprint density at radius 2 is 1.56 bits per heavy atom. The van der Waals surface area contributed by atoms with E-state index in [4.69, 9.17) is 16.6 Å². The Morgan fingerprint density at radius 1 is 0.889 bits per heavy atom. The number of nitrogens with one attached hydrogen (secondary N) is 1. The average molecular weight is 373 g/mol. The van der Waals surface area contributed by atoms with E-state index in [0.29, 0.717) is 16.3 Å². The van der Waals surface area contributed by atoms with Crippen LogP contribution in [0.3, 0.4) is 0 Å². The number of rotatable bonds is 3. The van der Waals surface area contributed by atoms with Gasteiger partial charge in [0.15, 0.2) is 0 Å².